The molecule has 4 aromatic rings. The Morgan fingerprint density at radius 2 is 1.82 bits per heavy atom. The Labute approximate surface area is 205 Å². The molecule has 1 heterocycles. The van der Waals surface area contributed by atoms with Crippen LogP contribution >= 0.6 is 27.7 Å². The number of carbonyl (C=O) groups excluding carboxylic acids is 1. The number of phenols is 1. The van der Waals surface area contributed by atoms with Crippen molar-refractivity contribution in [2.75, 3.05) is 11.1 Å². The van der Waals surface area contributed by atoms with Crippen LogP contribution in [0.15, 0.2) is 70.3 Å². The summed E-state index contributed by atoms with van der Waals surface area (Å²) in [5.41, 5.74) is 5.41. The van der Waals surface area contributed by atoms with Gasteiger partial charge in [0.05, 0.1) is 17.0 Å². The van der Waals surface area contributed by atoms with E-state index in [0.29, 0.717) is 16.5 Å². The van der Waals surface area contributed by atoms with Crippen molar-refractivity contribution in [3.05, 3.63) is 81.8 Å². The summed E-state index contributed by atoms with van der Waals surface area (Å²) < 4.78 is 2.71. The molecule has 3 aromatic carbocycles. The highest BCUT2D eigenvalue weighted by Crippen LogP contribution is 2.35. The van der Waals surface area contributed by atoms with Gasteiger partial charge in [-0.05, 0) is 62.2 Å². The van der Waals surface area contributed by atoms with E-state index in [1.807, 2.05) is 61.7 Å². The van der Waals surface area contributed by atoms with Gasteiger partial charge in [-0.2, -0.15) is 0 Å². The zero-order valence-corrected chi connectivity index (χ0v) is 20.9. The molecule has 0 saturated carbocycles. The Morgan fingerprint density at radius 1 is 1.03 bits per heavy atom. The van der Waals surface area contributed by atoms with Crippen LogP contribution in [0.25, 0.3) is 17.1 Å². The lowest BCUT2D eigenvalue weighted by Gasteiger charge is -2.14. The zero-order chi connectivity index (χ0) is 23.5. The molecule has 0 aliphatic carbocycles. The highest BCUT2D eigenvalue weighted by molar-refractivity contribution is 9.10. The maximum Gasteiger partial charge on any atom is 0.234 e. The van der Waals surface area contributed by atoms with Crippen molar-refractivity contribution >= 4 is 39.3 Å². The van der Waals surface area contributed by atoms with Crippen LogP contribution < -0.4 is 5.32 Å². The molecule has 1 amide bonds. The van der Waals surface area contributed by atoms with Gasteiger partial charge in [0.15, 0.2) is 11.0 Å². The monoisotopic (exact) mass is 522 g/mol. The maximum atomic E-state index is 12.6. The topological polar surface area (TPSA) is 80.0 Å². The number of rotatable bonds is 6. The van der Waals surface area contributed by atoms with E-state index in [1.165, 1.54) is 11.8 Å². The Balaban J connectivity index is 1.69. The number of halogens is 1. The average Bonchev–Trinajstić information content (AvgIpc) is 3.19. The molecule has 2 N–H and O–H groups in total. The number of aromatic hydroxyl groups is 1. The van der Waals surface area contributed by atoms with Crippen molar-refractivity contribution in [3.8, 4) is 22.8 Å². The van der Waals surface area contributed by atoms with Crippen LogP contribution in [-0.4, -0.2) is 31.5 Å². The van der Waals surface area contributed by atoms with E-state index in [4.69, 9.17) is 0 Å². The van der Waals surface area contributed by atoms with Crippen LogP contribution in [-0.2, 0) is 4.79 Å². The van der Waals surface area contributed by atoms with Crippen LogP contribution in [0.4, 0.5) is 5.69 Å². The van der Waals surface area contributed by atoms with E-state index >= 15 is 0 Å². The largest absolute Gasteiger partial charge is 0.507 e. The van der Waals surface area contributed by atoms with Crippen LogP contribution in [0.1, 0.15) is 16.7 Å². The highest BCUT2D eigenvalue weighted by atomic mass is 79.9. The van der Waals surface area contributed by atoms with Crippen LogP contribution in [0, 0.1) is 20.8 Å². The third-order valence-corrected chi connectivity index (χ3v) is 6.60. The number of aromatic nitrogens is 3. The van der Waals surface area contributed by atoms with Gasteiger partial charge in [-0.1, -0.05) is 63.6 Å². The van der Waals surface area contributed by atoms with Gasteiger partial charge < -0.3 is 10.4 Å². The second-order valence-electron chi connectivity index (χ2n) is 7.74. The molecule has 0 spiro atoms. The van der Waals surface area contributed by atoms with Crippen molar-refractivity contribution in [1.82, 2.24) is 14.8 Å². The molecule has 0 atom stereocenters. The minimum Gasteiger partial charge on any atom is -0.507 e. The van der Waals surface area contributed by atoms with Gasteiger partial charge in [0.25, 0.3) is 0 Å². The molecule has 0 aliphatic heterocycles. The predicted octanol–water partition coefficient (Wildman–Crippen LogP) is 6.06. The van der Waals surface area contributed by atoms with Gasteiger partial charge in [-0.25, -0.2) is 0 Å². The van der Waals surface area contributed by atoms with E-state index in [9.17, 15) is 9.90 Å². The Morgan fingerprint density at radius 3 is 2.58 bits per heavy atom. The number of amides is 1. The average molecular weight is 523 g/mol. The van der Waals surface area contributed by atoms with Crippen LogP contribution in [0.3, 0.4) is 0 Å². The normalized spacial score (nSPS) is 10.9. The first-order valence-electron chi connectivity index (χ1n) is 10.3. The molecular formula is C25H23BrN4O2S. The summed E-state index contributed by atoms with van der Waals surface area (Å²) in [6.07, 6.45) is 0. The predicted molar refractivity (Wildman–Crippen MR) is 136 cm³/mol. The number of thioether (sulfide) groups is 1. The lowest BCUT2D eigenvalue weighted by molar-refractivity contribution is -0.113. The molecule has 8 heteroatoms. The van der Waals surface area contributed by atoms with Gasteiger partial charge in [-0.3, -0.25) is 9.36 Å². The smallest absolute Gasteiger partial charge is 0.234 e. The van der Waals surface area contributed by atoms with Gasteiger partial charge >= 0.3 is 0 Å². The number of phenolic OH excluding ortho intramolecular Hbond substituents is 1. The number of para-hydroxylation sites is 1. The van der Waals surface area contributed by atoms with E-state index in [1.54, 1.807) is 18.2 Å². The Kier molecular flexibility index (Phi) is 6.85. The van der Waals surface area contributed by atoms with Crippen molar-refractivity contribution in [1.29, 1.82) is 0 Å². The quantitative estimate of drug-likeness (QED) is 0.301. The number of nitrogens with one attached hydrogen (secondary N) is 1. The zero-order valence-electron chi connectivity index (χ0n) is 18.5. The highest BCUT2D eigenvalue weighted by Gasteiger charge is 2.21. The number of hydrogen-bond donors (Lipinski definition) is 2. The number of carbonyl (C=O) groups is 1. The summed E-state index contributed by atoms with van der Waals surface area (Å²) in [7, 11) is 0. The molecule has 0 fully saturated rings. The van der Waals surface area contributed by atoms with Crippen LogP contribution in [0.5, 0.6) is 5.75 Å². The second kappa shape index (κ2) is 9.80. The molecule has 33 heavy (non-hydrogen) atoms. The number of nitrogens with zero attached hydrogens (tertiary/aromatic N) is 3. The standard InChI is InChI=1S/C25H23BrN4O2S/c1-15-8-10-21(17(3)12-15)30-24(19-13-18(26)9-11-22(19)31)28-29-25(30)33-14-23(32)27-20-7-5-4-6-16(20)2/h4-13,31H,14H2,1-3H3,(H,27,32). The lowest BCUT2D eigenvalue weighted by atomic mass is 10.1. The summed E-state index contributed by atoms with van der Waals surface area (Å²) in [5, 5.41) is 22.8. The van der Waals surface area contributed by atoms with E-state index < -0.39 is 0 Å². The van der Waals surface area contributed by atoms with Crippen molar-refractivity contribution in [2.24, 2.45) is 0 Å². The summed E-state index contributed by atoms with van der Waals surface area (Å²) >= 11 is 4.76. The van der Waals surface area contributed by atoms with E-state index in [2.05, 4.69) is 37.5 Å². The number of aryl methyl sites for hydroxylation is 3. The molecule has 0 radical (unpaired) electrons. The molecule has 0 bridgehead atoms. The summed E-state index contributed by atoms with van der Waals surface area (Å²) in [6.45, 7) is 6.01. The van der Waals surface area contributed by atoms with Gasteiger partial charge in [0, 0.05) is 10.2 Å². The Hall–Kier alpha value is -3.10. The van der Waals surface area contributed by atoms with Crippen LogP contribution in [0.2, 0.25) is 0 Å². The van der Waals surface area contributed by atoms with Crippen molar-refractivity contribution < 1.29 is 9.90 Å². The Bertz CT molecular complexity index is 1340. The number of anilines is 1. The fraction of sp³-hybridized carbons (Fsp3) is 0.160. The fourth-order valence-corrected chi connectivity index (χ4v) is 4.63. The number of benzene rings is 3. The maximum absolute atomic E-state index is 12.6. The van der Waals surface area contributed by atoms with Gasteiger partial charge in [-0.15, -0.1) is 10.2 Å². The van der Waals surface area contributed by atoms with Gasteiger partial charge in [0.2, 0.25) is 5.91 Å². The molecule has 4 rings (SSSR count). The molecule has 0 unspecified atom stereocenters. The van der Waals surface area contributed by atoms with E-state index in [0.717, 1.165) is 32.5 Å². The molecule has 6 nitrogen and oxygen atoms in total. The molecule has 0 saturated heterocycles. The molecule has 0 aliphatic rings. The molecular weight excluding hydrogens is 500 g/mol. The third kappa shape index (κ3) is 5.12. The minimum atomic E-state index is -0.128. The molecule has 168 valence electrons. The van der Waals surface area contributed by atoms with Gasteiger partial charge in [0.1, 0.15) is 5.75 Å². The first-order valence-corrected chi connectivity index (χ1v) is 12.1. The third-order valence-electron chi connectivity index (χ3n) is 5.18. The summed E-state index contributed by atoms with van der Waals surface area (Å²) in [4.78, 5) is 12.6. The first kappa shape index (κ1) is 23.1. The fourth-order valence-electron chi connectivity index (χ4n) is 3.53. The van der Waals surface area contributed by atoms with Crippen molar-refractivity contribution in [3.63, 3.8) is 0 Å². The van der Waals surface area contributed by atoms with Crippen molar-refractivity contribution in [2.45, 2.75) is 25.9 Å². The minimum absolute atomic E-state index is 0.102. The second-order valence-corrected chi connectivity index (χ2v) is 9.60. The summed E-state index contributed by atoms with van der Waals surface area (Å²) in [6, 6.07) is 19.0. The summed E-state index contributed by atoms with van der Waals surface area (Å²) in [5.74, 6) is 0.645. The first-order chi connectivity index (χ1) is 15.8. The molecule has 1 aromatic heterocycles. The van der Waals surface area contributed by atoms with E-state index in [-0.39, 0.29) is 17.4 Å². The SMILES string of the molecule is Cc1ccc(-n2c(SCC(=O)Nc3ccccc3C)nnc2-c2cc(Br)ccc2O)c(C)c1. The number of hydrogen-bond acceptors (Lipinski definition) is 5. The lowest BCUT2D eigenvalue weighted by Crippen LogP contribution is -2.15.